The highest BCUT2D eigenvalue weighted by Crippen LogP contribution is 2.34. The third kappa shape index (κ3) is 4.38. The molecule has 0 spiro atoms. The Morgan fingerprint density at radius 1 is 0.643 bits per heavy atom. The van der Waals surface area contributed by atoms with Gasteiger partial charge in [-0.2, -0.15) is 0 Å². The van der Waals surface area contributed by atoms with E-state index in [1.807, 2.05) is 55.4 Å². The van der Waals surface area contributed by atoms with Crippen molar-refractivity contribution in [3.63, 3.8) is 0 Å². The molecule has 0 bridgehead atoms. The van der Waals surface area contributed by atoms with Gasteiger partial charge in [-0.25, -0.2) is 0 Å². The summed E-state index contributed by atoms with van der Waals surface area (Å²) < 4.78 is 0. The van der Waals surface area contributed by atoms with E-state index >= 15 is 0 Å². The molecule has 0 aromatic heterocycles. The van der Waals surface area contributed by atoms with Crippen molar-refractivity contribution < 1.29 is 0 Å². The summed E-state index contributed by atoms with van der Waals surface area (Å²) in [6.07, 6.45) is 13.3. The highest BCUT2D eigenvalue weighted by Gasteiger charge is 2.14. The normalized spacial score (nSPS) is 12.0. The number of rotatable bonds is 0. The van der Waals surface area contributed by atoms with Crippen molar-refractivity contribution in [3.8, 4) is 0 Å². The van der Waals surface area contributed by atoms with Crippen molar-refractivity contribution in [2.75, 3.05) is 0 Å². The van der Waals surface area contributed by atoms with Crippen LogP contribution in [0, 0.1) is 0 Å². The van der Waals surface area contributed by atoms with Gasteiger partial charge in [0, 0.05) is 0 Å². The fourth-order valence-electron chi connectivity index (χ4n) is 3.75. The summed E-state index contributed by atoms with van der Waals surface area (Å²) in [6.45, 7) is 16.0. The van der Waals surface area contributed by atoms with Crippen LogP contribution in [-0.4, -0.2) is 0 Å². The van der Waals surface area contributed by atoms with Crippen LogP contribution >= 0.6 is 0 Å². The second kappa shape index (κ2) is 12.2. The van der Waals surface area contributed by atoms with Crippen LogP contribution in [0.3, 0.4) is 0 Å². The molecule has 0 amide bonds. The predicted molar refractivity (Wildman–Crippen MR) is 132 cm³/mol. The molecule has 3 aromatic rings. The maximum Gasteiger partial charge on any atom is -0.00237 e. The minimum absolute atomic E-state index is 1.05. The van der Waals surface area contributed by atoms with Crippen LogP contribution in [0.1, 0.15) is 72.1 Å². The zero-order valence-electron chi connectivity index (χ0n) is 19.2. The average molecular weight is 375 g/mol. The maximum absolute atomic E-state index is 2.38. The average Bonchev–Trinajstić information content (AvgIpc) is 2.82. The Kier molecular flexibility index (Phi) is 10.3. The van der Waals surface area contributed by atoms with Crippen molar-refractivity contribution >= 4 is 33.7 Å². The monoisotopic (exact) mass is 374 g/mol. The molecule has 0 radical (unpaired) electrons. The summed E-state index contributed by atoms with van der Waals surface area (Å²) in [5.74, 6) is 0. The fourth-order valence-corrected chi connectivity index (χ4v) is 3.75. The van der Waals surface area contributed by atoms with E-state index in [9.17, 15) is 0 Å². The van der Waals surface area contributed by atoms with Gasteiger partial charge in [-0.05, 0) is 56.3 Å². The summed E-state index contributed by atoms with van der Waals surface area (Å²) in [5, 5.41) is 7.14. The lowest BCUT2D eigenvalue weighted by Gasteiger charge is -2.18. The van der Waals surface area contributed by atoms with E-state index in [-0.39, 0.29) is 0 Å². The second-order valence-electron chi connectivity index (χ2n) is 5.75. The largest absolute Gasteiger partial charge is 0.0801 e. The number of benzene rings is 3. The Balaban J connectivity index is 0.000000442. The molecule has 2 aliphatic rings. The van der Waals surface area contributed by atoms with E-state index in [0.29, 0.717) is 0 Å². The van der Waals surface area contributed by atoms with Gasteiger partial charge in [-0.3, -0.25) is 0 Å². The first-order valence-electron chi connectivity index (χ1n) is 11.2. The minimum Gasteiger partial charge on any atom is -0.0801 e. The number of hydrogen-bond acceptors (Lipinski definition) is 0. The molecule has 0 aliphatic heterocycles. The molecule has 0 saturated heterocycles. The molecule has 28 heavy (non-hydrogen) atoms. The number of allylic oxidation sites excluding steroid dienone is 3. The predicted octanol–water partition coefficient (Wildman–Crippen LogP) is 8.28. The molecule has 0 fully saturated rings. The Hall–Kier alpha value is -2.34. The Bertz CT molecular complexity index is 984. The van der Waals surface area contributed by atoms with Crippen LogP contribution in [0.2, 0.25) is 0 Å². The second-order valence-corrected chi connectivity index (χ2v) is 5.75. The molecule has 3 aromatic carbocycles. The van der Waals surface area contributed by atoms with Crippen molar-refractivity contribution in [2.24, 2.45) is 0 Å². The van der Waals surface area contributed by atoms with Gasteiger partial charge in [0.25, 0.3) is 0 Å². The molecule has 0 saturated carbocycles. The lowest BCUT2D eigenvalue weighted by Crippen LogP contribution is -2.13. The lowest BCUT2D eigenvalue weighted by molar-refractivity contribution is 1.24. The van der Waals surface area contributed by atoms with Gasteiger partial charge in [0.2, 0.25) is 0 Å². The quantitative estimate of drug-likeness (QED) is 0.371. The maximum atomic E-state index is 2.38. The lowest BCUT2D eigenvalue weighted by atomic mass is 9.86. The molecular weight excluding hydrogens is 336 g/mol. The number of hydrogen-bond donors (Lipinski definition) is 0. The van der Waals surface area contributed by atoms with Crippen LogP contribution in [0.4, 0.5) is 0 Å². The highest BCUT2D eigenvalue weighted by molar-refractivity contribution is 6.15. The highest BCUT2D eigenvalue weighted by atomic mass is 14.2. The molecule has 0 heteroatoms. The van der Waals surface area contributed by atoms with Gasteiger partial charge >= 0.3 is 0 Å². The van der Waals surface area contributed by atoms with Gasteiger partial charge in [-0.1, -0.05) is 116 Å². The molecular formula is C28H38. The SMILES string of the molecule is C1=CCc2cc3ccc4c5c(ccc(c2=C1)c35)C=CC4.CC.CC.CC.CC. The third-order valence-electron chi connectivity index (χ3n) is 4.65. The first-order chi connectivity index (χ1) is 13.9. The van der Waals surface area contributed by atoms with E-state index in [1.165, 1.54) is 43.5 Å². The van der Waals surface area contributed by atoms with Crippen LogP contribution in [0.15, 0.2) is 48.6 Å². The first-order valence-corrected chi connectivity index (χ1v) is 11.2. The molecule has 0 atom stereocenters. The Morgan fingerprint density at radius 2 is 1.32 bits per heavy atom. The van der Waals surface area contributed by atoms with Crippen molar-refractivity contribution in [2.45, 2.75) is 68.2 Å². The zero-order valence-corrected chi connectivity index (χ0v) is 19.2. The van der Waals surface area contributed by atoms with Crippen molar-refractivity contribution in [1.82, 2.24) is 0 Å². The topological polar surface area (TPSA) is 0 Å². The summed E-state index contributed by atoms with van der Waals surface area (Å²) in [7, 11) is 0. The molecule has 0 unspecified atom stereocenters. The number of fused-ring (bicyclic) bond motifs is 2. The summed E-state index contributed by atoms with van der Waals surface area (Å²) in [6, 6.07) is 11.6. The van der Waals surface area contributed by atoms with Crippen LogP contribution in [0.5, 0.6) is 0 Å². The van der Waals surface area contributed by atoms with E-state index in [4.69, 9.17) is 0 Å². The first kappa shape index (κ1) is 23.7. The fraction of sp³-hybridized carbons (Fsp3) is 0.357. The zero-order chi connectivity index (χ0) is 21.1. The van der Waals surface area contributed by atoms with E-state index in [1.54, 1.807) is 0 Å². The van der Waals surface area contributed by atoms with Gasteiger partial charge in [0.05, 0.1) is 0 Å². The van der Waals surface area contributed by atoms with E-state index in [2.05, 4.69) is 60.7 Å². The smallest absolute Gasteiger partial charge is 0.00237 e. The Labute approximate surface area is 172 Å². The molecule has 150 valence electrons. The molecule has 0 nitrogen and oxygen atoms in total. The Morgan fingerprint density at radius 3 is 2.04 bits per heavy atom. The molecule has 0 N–H and O–H groups in total. The summed E-state index contributed by atoms with van der Waals surface area (Å²) in [5.41, 5.74) is 4.29. The molecule has 2 aliphatic carbocycles. The van der Waals surface area contributed by atoms with E-state index in [0.717, 1.165) is 12.8 Å². The van der Waals surface area contributed by atoms with Gasteiger partial charge in [-0.15, -0.1) is 0 Å². The van der Waals surface area contributed by atoms with Crippen molar-refractivity contribution in [3.05, 3.63) is 70.5 Å². The van der Waals surface area contributed by atoms with E-state index < -0.39 is 0 Å². The molecule has 5 rings (SSSR count). The van der Waals surface area contributed by atoms with Crippen LogP contribution in [0.25, 0.3) is 33.7 Å². The minimum atomic E-state index is 1.05. The molecule has 0 heterocycles. The standard InChI is InChI=1S/C20H14.4C2H6/c1-2-7-17-15(4-1)12-16-9-8-13-5-3-6-14-10-11-18(17)20(16)19(13)14;4*1-2/h1-3,6-12H,4-5H2;4*1-2H3. The van der Waals surface area contributed by atoms with Gasteiger partial charge in [0.1, 0.15) is 0 Å². The summed E-state index contributed by atoms with van der Waals surface area (Å²) in [4.78, 5) is 0. The van der Waals surface area contributed by atoms with Gasteiger partial charge in [0.15, 0.2) is 0 Å². The van der Waals surface area contributed by atoms with Crippen molar-refractivity contribution in [1.29, 1.82) is 0 Å². The third-order valence-corrected chi connectivity index (χ3v) is 4.65. The summed E-state index contributed by atoms with van der Waals surface area (Å²) >= 11 is 0. The van der Waals surface area contributed by atoms with Crippen LogP contribution < -0.4 is 5.22 Å². The van der Waals surface area contributed by atoms with Crippen LogP contribution in [-0.2, 0) is 12.8 Å². The van der Waals surface area contributed by atoms with Gasteiger partial charge < -0.3 is 0 Å².